The third-order valence-electron chi connectivity index (χ3n) is 11.7. The van der Waals surface area contributed by atoms with Crippen LogP contribution in [0.15, 0.2) is 48.8 Å². The fourth-order valence-corrected chi connectivity index (χ4v) is 9.06. The maximum Gasteiger partial charge on any atom is 0.407 e. The lowest BCUT2D eigenvalue weighted by atomic mass is 9.83. The van der Waals surface area contributed by atoms with E-state index in [9.17, 15) is 19.2 Å². The van der Waals surface area contributed by atoms with Crippen LogP contribution in [0, 0.1) is 5.92 Å². The third kappa shape index (κ3) is 6.36. The van der Waals surface area contributed by atoms with Crippen molar-refractivity contribution in [2.24, 2.45) is 5.92 Å². The van der Waals surface area contributed by atoms with Crippen molar-refractivity contribution in [1.29, 1.82) is 0 Å². The molecule has 2 aromatic heterocycles. The normalized spacial score (nSPS) is 22.3. The van der Waals surface area contributed by atoms with Crippen molar-refractivity contribution in [3.05, 3.63) is 71.6 Å². The molecule has 2 bridgehead atoms. The summed E-state index contributed by atoms with van der Waals surface area (Å²) in [6.45, 7) is 3.96. The van der Waals surface area contributed by atoms with Gasteiger partial charge in [0.25, 0.3) is 0 Å². The first-order valence-corrected chi connectivity index (χ1v) is 18.8. The van der Waals surface area contributed by atoms with Gasteiger partial charge in [0.15, 0.2) is 0 Å². The molecule has 2 aliphatic heterocycles. The molecule has 0 spiro atoms. The molecule has 14 heteroatoms. The number of likely N-dealkylation sites (tertiary alicyclic amines) is 2. The predicted molar refractivity (Wildman–Crippen MR) is 199 cm³/mol. The molecule has 1 saturated carbocycles. The Morgan fingerprint density at radius 3 is 1.96 bits per heavy atom. The van der Waals surface area contributed by atoms with Gasteiger partial charge in [-0.25, -0.2) is 19.6 Å². The van der Waals surface area contributed by atoms with Crippen molar-refractivity contribution in [3.63, 3.8) is 0 Å². The quantitative estimate of drug-likeness (QED) is 0.185. The van der Waals surface area contributed by atoms with Gasteiger partial charge in [0.1, 0.15) is 23.7 Å². The molecule has 4 N–H and O–H groups in total. The van der Waals surface area contributed by atoms with Crippen molar-refractivity contribution in [1.82, 2.24) is 40.4 Å². The van der Waals surface area contributed by atoms with Crippen molar-refractivity contribution in [3.8, 4) is 33.6 Å². The summed E-state index contributed by atoms with van der Waals surface area (Å²) >= 11 is 0. The lowest BCUT2D eigenvalue weighted by Gasteiger charge is -2.36. The van der Waals surface area contributed by atoms with Gasteiger partial charge in [-0.3, -0.25) is 9.59 Å². The van der Waals surface area contributed by atoms with Gasteiger partial charge in [-0.15, -0.1) is 0 Å². The van der Waals surface area contributed by atoms with Gasteiger partial charge < -0.3 is 39.9 Å². The number of amides is 4. The predicted octanol–water partition coefficient (Wildman–Crippen LogP) is 5.44. The highest BCUT2D eigenvalue weighted by Crippen LogP contribution is 2.50. The number of benzene rings is 2. The second-order valence-corrected chi connectivity index (χ2v) is 14.9. The van der Waals surface area contributed by atoms with Crippen molar-refractivity contribution < 1.29 is 28.7 Å². The van der Waals surface area contributed by atoms with Gasteiger partial charge in [0.2, 0.25) is 11.8 Å². The van der Waals surface area contributed by atoms with Crippen LogP contribution in [0.2, 0.25) is 0 Å². The van der Waals surface area contributed by atoms with E-state index in [0.717, 1.165) is 79.1 Å². The summed E-state index contributed by atoms with van der Waals surface area (Å²) in [6, 6.07) is 11.5. The summed E-state index contributed by atoms with van der Waals surface area (Å²) in [5.74, 6) is 1.57. The van der Waals surface area contributed by atoms with E-state index in [1.165, 1.54) is 36.5 Å². The number of rotatable bonds is 8. The number of imidazole rings is 2. The maximum absolute atomic E-state index is 13.5. The molecule has 3 fully saturated rings. The van der Waals surface area contributed by atoms with E-state index >= 15 is 0 Å². The van der Waals surface area contributed by atoms with Crippen molar-refractivity contribution in [2.75, 3.05) is 20.8 Å². The summed E-state index contributed by atoms with van der Waals surface area (Å²) in [5.41, 5.74) is 8.86. The Morgan fingerprint density at radius 2 is 1.35 bits per heavy atom. The number of methoxy groups -OCH3 is 2. The number of aromatic nitrogens is 4. The monoisotopic (exact) mass is 734 g/mol. The molecule has 6 unspecified atom stereocenters. The first-order chi connectivity index (χ1) is 26.1. The molecule has 2 aromatic carbocycles. The van der Waals surface area contributed by atoms with Gasteiger partial charge in [-0.05, 0) is 110 Å². The fraction of sp³-hybridized carbons (Fsp3) is 0.450. The number of alkyl carbamates (subject to hydrolysis) is 2. The number of nitrogens with one attached hydrogen (secondary N) is 4. The van der Waals surface area contributed by atoms with E-state index < -0.39 is 24.3 Å². The van der Waals surface area contributed by atoms with Gasteiger partial charge in [-0.2, -0.15) is 0 Å². The molecular weight excluding hydrogens is 688 g/mol. The van der Waals surface area contributed by atoms with Crippen molar-refractivity contribution in [2.45, 2.75) is 89.0 Å². The molecule has 4 amide bonds. The van der Waals surface area contributed by atoms with E-state index in [-0.39, 0.29) is 29.9 Å². The molecule has 4 aromatic rings. The average Bonchev–Trinajstić information content (AvgIpc) is 4.05. The Labute approximate surface area is 313 Å². The number of hydrogen-bond donors (Lipinski definition) is 4. The number of hydrogen-bond acceptors (Lipinski definition) is 8. The second-order valence-electron chi connectivity index (χ2n) is 14.9. The van der Waals surface area contributed by atoms with Crippen molar-refractivity contribution >= 4 is 24.0 Å². The molecule has 0 radical (unpaired) electrons. The molecule has 2 saturated heterocycles. The van der Waals surface area contributed by atoms with Crippen LogP contribution in [0.1, 0.15) is 80.8 Å². The highest BCUT2D eigenvalue weighted by molar-refractivity contribution is 5.87. The third-order valence-corrected chi connectivity index (χ3v) is 11.7. The molecular formula is C40H46N8O6. The lowest BCUT2D eigenvalue weighted by Crippen LogP contribution is -2.50. The smallest absolute Gasteiger partial charge is 0.407 e. The Balaban J connectivity index is 0.976. The zero-order valence-electron chi connectivity index (χ0n) is 31.0. The summed E-state index contributed by atoms with van der Waals surface area (Å²) in [7, 11) is 2.57. The van der Waals surface area contributed by atoms with E-state index in [1.54, 1.807) is 18.7 Å². The zero-order valence-corrected chi connectivity index (χ0v) is 31.0. The summed E-state index contributed by atoms with van der Waals surface area (Å²) in [6.07, 6.45) is 8.83. The molecule has 8 rings (SSSR count). The number of aryl methyl sites for hydroxylation is 2. The topological polar surface area (TPSA) is 175 Å². The molecule has 14 nitrogen and oxygen atoms in total. The zero-order chi connectivity index (χ0) is 37.7. The Bertz CT molecular complexity index is 2110. The number of aromatic amines is 2. The van der Waals surface area contributed by atoms with Gasteiger partial charge in [0.05, 0.1) is 50.1 Å². The largest absolute Gasteiger partial charge is 0.453 e. The number of nitrogens with zero attached hydrogens (tertiary/aromatic N) is 4. The standard InChI is InChI=1S/C40H46N8O6/c1-21(43-39(51)53-3)37(49)47-15-5-6-33(47)35-41-19-31(45-35)25-10-13-29-23(16-25)7-8-24-17-26(11-14-30(24)29)32-20-42-36(46-32)34-27-9-12-28(18-27)48(34)38(50)22(2)44-40(52)54-4/h10-11,13-14,16-17,19-22,27-28,33-34H,5-9,12,15,18H2,1-4H3,(H,41,45)(H,42,46)(H,43,51)(H,44,52). The number of piperidine rings is 1. The van der Waals surface area contributed by atoms with Crippen LogP contribution in [0.3, 0.4) is 0 Å². The van der Waals surface area contributed by atoms with Gasteiger partial charge in [-0.1, -0.05) is 24.3 Å². The van der Waals surface area contributed by atoms with Gasteiger partial charge >= 0.3 is 12.2 Å². The van der Waals surface area contributed by atoms with Crippen LogP contribution in [0.25, 0.3) is 33.6 Å². The highest BCUT2D eigenvalue weighted by Gasteiger charge is 2.50. The van der Waals surface area contributed by atoms with Gasteiger partial charge in [0, 0.05) is 12.6 Å². The minimum atomic E-state index is -0.702. The number of carbonyl (C=O) groups is 4. The first kappa shape index (κ1) is 35.4. The summed E-state index contributed by atoms with van der Waals surface area (Å²) < 4.78 is 9.38. The minimum Gasteiger partial charge on any atom is -0.453 e. The molecule has 2 aliphatic carbocycles. The Hall–Kier alpha value is -5.66. The van der Waals surface area contributed by atoms with Crippen LogP contribution in [0.4, 0.5) is 9.59 Å². The first-order valence-electron chi connectivity index (χ1n) is 18.8. The van der Waals surface area contributed by atoms with Crippen LogP contribution >= 0.6 is 0 Å². The van der Waals surface area contributed by atoms with E-state index in [4.69, 9.17) is 14.7 Å². The molecule has 4 heterocycles. The Kier molecular flexibility index (Phi) is 9.36. The molecule has 282 valence electrons. The fourth-order valence-electron chi connectivity index (χ4n) is 9.06. The van der Waals surface area contributed by atoms with Crippen LogP contribution < -0.4 is 10.6 Å². The Morgan fingerprint density at radius 1 is 0.778 bits per heavy atom. The summed E-state index contributed by atoms with van der Waals surface area (Å²) in [5, 5.41) is 5.20. The number of fused-ring (bicyclic) bond motifs is 5. The second kappa shape index (κ2) is 14.3. The van der Waals surface area contributed by atoms with Crippen LogP contribution in [-0.4, -0.2) is 92.6 Å². The number of ether oxygens (including phenoxy) is 2. The average molecular weight is 735 g/mol. The number of carbonyl (C=O) groups excluding carboxylic acids is 4. The highest BCUT2D eigenvalue weighted by atomic mass is 16.5. The molecule has 4 aliphatic rings. The molecule has 6 atom stereocenters. The van der Waals surface area contributed by atoms with E-state index in [2.05, 4.69) is 61.7 Å². The van der Waals surface area contributed by atoms with E-state index in [0.29, 0.717) is 12.5 Å². The molecule has 54 heavy (non-hydrogen) atoms. The minimum absolute atomic E-state index is 0.118. The van der Waals surface area contributed by atoms with Crippen LogP contribution in [-0.2, 0) is 31.9 Å². The van der Waals surface area contributed by atoms with E-state index in [1.807, 2.05) is 17.3 Å². The SMILES string of the molecule is COC(=O)NC(C)C(=O)N1CCCC1c1ncc(-c2ccc3c(c2)CCc2cc(-c4cnc(C5C6CCC(C6)N5C(=O)C(C)NC(=O)OC)[nH]4)ccc2-3)[nH]1. The van der Waals surface area contributed by atoms with Crippen LogP contribution in [0.5, 0.6) is 0 Å². The summed E-state index contributed by atoms with van der Waals surface area (Å²) in [4.78, 5) is 70.5. The number of H-pyrrole nitrogens is 2. The lowest BCUT2D eigenvalue weighted by molar-refractivity contribution is -0.137. The maximum atomic E-state index is 13.5.